The van der Waals surface area contributed by atoms with Crippen LogP contribution in [0.1, 0.15) is 39.5 Å². The monoisotopic (exact) mass is 212 g/mol. The van der Waals surface area contributed by atoms with Crippen LogP contribution in [0.4, 0.5) is 0 Å². The number of hydrogen-bond donors (Lipinski definition) is 1. The van der Waals surface area contributed by atoms with Crippen LogP contribution in [0.3, 0.4) is 0 Å². The minimum absolute atomic E-state index is 0.0197. The highest BCUT2D eigenvalue weighted by Gasteiger charge is 2.64. The van der Waals surface area contributed by atoms with Gasteiger partial charge in [-0.3, -0.25) is 4.79 Å². The zero-order valence-electron chi connectivity index (χ0n) is 9.08. The predicted molar refractivity (Wildman–Crippen MR) is 51.9 cm³/mol. The van der Waals surface area contributed by atoms with Gasteiger partial charge in [0.05, 0.1) is 6.42 Å². The van der Waals surface area contributed by atoms with Gasteiger partial charge in [0.2, 0.25) is 0 Å². The number of ketones is 1. The summed E-state index contributed by atoms with van der Waals surface area (Å²) in [6.45, 7) is 4.08. The van der Waals surface area contributed by atoms with Crippen LogP contribution in [0.2, 0.25) is 0 Å². The maximum absolute atomic E-state index is 11.9. The van der Waals surface area contributed by atoms with Crippen molar-refractivity contribution in [3.63, 3.8) is 0 Å². The smallest absolute Gasteiger partial charge is 0.301 e. The molecule has 1 N–H and O–H groups in total. The van der Waals surface area contributed by atoms with Crippen molar-refractivity contribution in [3.05, 3.63) is 0 Å². The molecule has 0 radical (unpaired) electrons. The summed E-state index contributed by atoms with van der Waals surface area (Å²) in [6, 6.07) is 0. The summed E-state index contributed by atoms with van der Waals surface area (Å²) >= 11 is 0. The second-order valence-corrected chi connectivity index (χ2v) is 5.31. The van der Waals surface area contributed by atoms with E-state index >= 15 is 0 Å². The van der Waals surface area contributed by atoms with Gasteiger partial charge in [-0.25, -0.2) is 4.79 Å². The molecule has 0 aliphatic heterocycles. The van der Waals surface area contributed by atoms with E-state index in [1.807, 2.05) is 13.8 Å². The minimum atomic E-state index is -0.695. The van der Waals surface area contributed by atoms with Crippen molar-refractivity contribution in [1.82, 2.24) is 0 Å². The molecule has 4 heteroatoms. The van der Waals surface area contributed by atoms with Gasteiger partial charge in [0.1, 0.15) is 5.78 Å². The van der Waals surface area contributed by atoms with Gasteiger partial charge in [0, 0.05) is 11.8 Å². The molecular weight excluding hydrogens is 196 g/mol. The molecule has 2 aliphatic rings. The van der Waals surface area contributed by atoms with Crippen LogP contribution in [-0.2, 0) is 14.5 Å². The number of rotatable bonds is 2. The summed E-state index contributed by atoms with van der Waals surface area (Å²) in [5.41, 5.74) is -0.726. The van der Waals surface area contributed by atoms with Gasteiger partial charge in [-0.15, -0.1) is 0 Å². The zero-order chi connectivity index (χ0) is 11.3. The normalized spacial score (nSPS) is 37.0. The largest absolute Gasteiger partial charge is 0.343 e. The first-order valence-corrected chi connectivity index (χ1v) is 5.31. The molecule has 2 fully saturated rings. The summed E-state index contributed by atoms with van der Waals surface area (Å²) in [6.07, 6.45) is 2.34. The molecule has 0 saturated heterocycles. The van der Waals surface area contributed by atoms with Gasteiger partial charge < -0.3 is 4.89 Å². The Morgan fingerprint density at radius 3 is 2.67 bits per heavy atom. The van der Waals surface area contributed by atoms with Gasteiger partial charge >= 0.3 is 5.97 Å². The zero-order valence-corrected chi connectivity index (χ0v) is 9.08. The fourth-order valence-electron chi connectivity index (χ4n) is 3.46. The highest BCUT2D eigenvalue weighted by molar-refractivity contribution is 5.93. The van der Waals surface area contributed by atoms with Gasteiger partial charge in [0.25, 0.3) is 0 Å². The first-order valence-electron chi connectivity index (χ1n) is 5.31. The molecule has 0 aromatic heterocycles. The average molecular weight is 212 g/mol. The Morgan fingerprint density at radius 1 is 1.60 bits per heavy atom. The van der Waals surface area contributed by atoms with Gasteiger partial charge in [0.15, 0.2) is 0 Å². The number of carbonyl (C=O) groups excluding carboxylic acids is 2. The number of Topliss-reactive ketones (excluding diaryl/α,β-unsaturated/α-hetero) is 1. The third-order valence-corrected chi connectivity index (χ3v) is 4.69. The molecule has 2 unspecified atom stereocenters. The molecular formula is C11H16O4. The molecule has 2 bridgehead atoms. The van der Waals surface area contributed by atoms with E-state index in [0.717, 1.165) is 12.8 Å². The van der Waals surface area contributed by atoms with Crippen molar-refractivity contribution < 1.29 is 19.7 Å². The number of hydrogen-bond acceptors (Lipinski definition) is 4. The Hall–Kier alpha value is -0.900. The van der Waals surface area contributed by atoms with E-state index in [9.17, 15) is 9.59 Å². The van der Waals surface area contributed by atoms with Crippen LogP contribution < -0.4 is 0 Å². The van der Waals surface area contributed by atoms with Crippen LogP contribution in [0.5, 0.6) is 0 Å². The fraction of sp³-hybridized carbons (Fsp3) is 0.818. The van der Waals surface area contributed by atoms with Crippen molar-refractivity contribution in [1.29, 1.82) is 0 Å². The van der Waals surface area contributed by atoms with Crippen molar-refractivity contribution >= 4 is 11.8 Å². The predicted octanol–water partition coefficient (Wildman–Crippen LogP) is 1.79. The summed E-state index contributed by atoms with van der Waals surface area (Å²) < 4.78 is 0. The first-order chi connectivity index (χ1) is 6.94. The Morgan fingerprint density at radius 2 is 2.27 bits per heavy atom. The molecule has 0 aromatic rings. The van der Waals surface area contributed by atoms with Crippen LogP contribution in [0, 0.1) is 16.7 Å². The fourth-order valence-corrected chi connectivity index (χ4v) is 3.46. The molecule has 2 aliphatic carbocycles. The summed E-state index contributed by atoms with van der Waals surface area (Å²) in [5.74, 6) is -0.149. The lowest BCUT2D eigenvalue weighted by Gasteiger charge is -2.35. The van der Waals surface area contributed by atoms with E-state index in [-0.39, 0.29) is 17.6 Å². The standard InChI is InChI=1S/C11H16O4/c1-10(2)7-3-4-11(10,8(12)5-7)6-9(13)15-14/h7,14H,3-6H2,1-2H3. The van der Waals surface area contributed by atoms with Gasteiger partial charge in [-0.05, 0) is 24.2 Å². The Balaban J connectivity index is 2.31. The highest BCUT2D eigenvalue weighted by atomic mass is 17.1. The topological polar surface area (TPSA) is 63.6 Å². The SMILES string of the molecule is CC1(C)C2CCC1(CC(=O)OO)C(=O)C2. The molecule has 15 heavy (non-hydrogen) atoms. The lowest BCUT2D eigenvalue weighted by molar-refractivity contribution is -0.237. The van der Waals surface area contributed by atoms with E-state index in [4.69, 9.17) is 5.26 Å². The molecule has 2 saturated carbocycles. The lowest BCUT2D eigenvalue weighted by Crippen LogP contribution is -2.38. The van der Waals surface area contributed by atoms with Crippen molar-refractivity contribution in [2.45, 2.75) is 39.5 Å². The first kappa shape index (κ1) is 10.6. The summed E-state index contributed by atoms with van der Waals surface area (Å²) in [5, 5.41) is 8.31. The quantitative estimate of drug-likeness (QED) is 0.560. The maximum atomic E-state index is 11.9. The third kappa shape index (κ3) is 1.17. The Kier molecular flexibility index (Phi) is 2.15. The van der Waals surface area contributed by atoms with E-state index in [0.29, 0.717) is 12.3 Å². The highest BCUT2D eigenvalue weighted by Crippen LogP contribution is 2.65. The van der Waals surface area contributed by atoms with Crippen molar-refractivity contribution in [3.8, 4) is 0 Å². The number of fused-ring (bicyclic) bond motifs is 2. The van der Waals surface area contributed by atoms with E-state index < -0.39 is 11.4 Å². The maximum Gasteiger partial charge on any atom is 0.343 e. The summed E-state index contributed by atoms with van der Waals surface area (Å²) in [4.78, 5) is 26.8. The van der Waals surface area contributed by atoms with E-state index in [1.165, 1.54) is 0 Å². The molecule has 4 nitrogen and oxygen atoms in total. The van der Waals surface area contributed by atoms with Crippen molar-refractivity contribution in [2.75, 3.05) is 0 Å². The molecule has 84 valence electrons. The van der Waals surface area contributed by atoms with Gasteiger partial charge in [-0.2, -0.15) is 5.26 Å². The molecule has 2 rings (SSSR count). The molecule has 0 heterocycles. The number of carbonyl (C=O) groups is 2. The van der Waals surface area contributed by atoms with Gasteiger partial charge in [-0.1, -0.05) is 13.8 Å². The third-order valence-electron chi connectivity index (χ3n) is 4.69. The van der Waals surface area contributed by atoms with Crippen LogP contribution in [0.15, 0.2) is 0 Å². The lowest BCUT2D eigenvalue weighted by atomic mass is 9.67. The summed E-state index contributed by atoms with van der Waals surface area (Å²) in [7, 11) is 0. The molecule has 0 amide bonds. The van der Waals surface area contributed by atoms with E-state index in [1.54, 1.807) is 0 Å². The van der Waals surface area contributed by atoms with E-state index in [2.05, 4.69) is 4.89 Å². The minimum Gasteiger partial charge on any atom is -0.301 e. The second kappa shape index (κ2) is 3.04. The van der Waals surface area contributed by atoms with Crippen molar-refractivity contribution in [2.24, 2.45) is 16.7 Å². The molecule has 2 atom stereocenters. The average Bonchev–Trinajstić information content (AvgIpc) is 2.51. The molecule has 0 spiro atoms. The molecule has 0 aromatic carbocycles. The van der Waals surface area contributed by atoms with Crippen LogP contribution in [0.25, 0.3) is 0 Å². The van der Waals surface area contributed by atoms with Crippen LogP contribution >= 0.6 is 0 Å². The Labute approximate surface area is 88.5 Å². The van der Waals surface area contributed by atoms with Crippen LogP contribution in [-0.4, -0.2) is 17.0 Å². The second-order valence-electron chi connectivity index (χ2n) is 5.31. The Bertz CT molecular complexity index is 321.